The molecule has 0 aromatic carbocycles. The Morgan fingerprint density at radius 3 is 2.65 bits per heavy atom. The van der Waals surface area contributed by atoms with Crippen LogP contribution in [0.15, 0.2) is 0 Å². The normalized spacial score (nSPS) is 25.2. The molecule has 0 radical (unpaired) electrons. The van der Waals surface area contributed by atoms with Gasteiger partial charge in [-0.15, -0.1) is 0 Å². The van der Waals surface area contributed by atoms with Crippen LogP contribution in [-0.2, 0) is 9.59 Å². The van der Waals surface area contributed by atoms with Crippen LogP contribution in [0.4, 0.5) is 4.79 Å². The fourth-order valence-electron chi connectivity index (χ4n) is 2.59. The van der Waals surface area contributed by atoms with Gasteiger partial charge in [0.05, 0.1) is 0 Å². The smallest absolute Gasteiger partial charge is 0.325 e. The first-order valence-corrected chi connectivity index (χ1v) is 6.88. The van der Waals surface area contributed by atoms with Crippen LogP contribution in [0.25, 0.3) is 0 Å². The standard InChI is InChI=1S/C13H21N3O4/c1-13(2)11(19)16(12(20)14-13)6-4-10(18)15-5-3-9(7-15)8-17/h9,17H,3-8H2,1-2H3,(H,14,20). The van der Waals surface area contributed by atoms with Crippen LogP contribution >= 0.6 is 0 Å². The lowest BCUT2D eigenvalue weighted by molar-refractivity contribution is -0.132. The summed E-state index contributed by atoms with van der Waals surface area (Å²) in [4.78, 5) is 38.4. The van der Waals surface area contributed by atoms with E-state index in [0.29, 0.717) is 13.1 Å². The maximum Gasteiger partial charge on any atom is 0.325 e. The van der Waals surface area contributed by atoms with Crippen molar-refractivity contribution in [3.05, 3.63) is 0 Å². The molecule has 2 heterocycles. The molecule has 2 aliphatic rings. The summed E-state index contributed by atoms with van der Waals surface area (Å²) >= 11 is 0. The number of hydrogen-bond donors (Lipinski definition) is 2. The zero-order valence-corrected chi connectivity index (χ0v) is 11.9. The topological polar surface area (TPSA) is 90.0 Å². The molecule has 7 heteroatoms. The third kappa shape index (κ3) is 2.77. The van der Waals surface area contributed by atoms with E-state index in [-0.39, 0.29) is 37.3 Å². The van der Waals surface area contributed by atoms with E-state index in [9.17, 15) is 14.4 Å². The van der Waals surface area contributed by atoms with Gasteiger partial charge < -0.3 is 15.3 Å². The Labute approximate surface area is 117 Å². The van der Waals surface area contributed by atoms with Gasteiger partial charge in [0.2, 0.25) is 5.91 Å². The first-order valence-electron chi connectivity index (χ1n) is 6.88. The third-order valence-corrected chi connectivity index (χ3v) is 3.89. The first kappa shape index (κ1) is 14.8. The van der Waals surface area contributed by atoms with Gasteiger partial charge in [0, 0.05) is 38.6 Å². The molecule has 0 spiro atoms. The molecule has 2 rings (SSSR count). The predicted molar refractivity (Wildman–Crippen MR) is 70.7 cm³/mol. The summed E-state index contributed by atoms with van der Waals surface area (Å²) in [7, 11) is 0. The van der Waals surface area contributed by atoms with Crippen LogP contribution in [0.2, 0.25) is 0 Å². The molecule has 2 saturated heterocycles. The molecule has 20 heavy (non-hydrogen) atoms. The van der Waals surface area contributed by atoms with Crippen molar-refractivity contribution in [2.24, 2.45) is 5.92 Å². The number of aliphatic hydroxyl groups is 1. The molecular formula is C13H21N3O4. The number of nitrogens with zero attached hydrogens (tertiary/aromatic N) is 2. The number of imide groups is 1. The molecule has 0 aliphatic carbocycles. The number of urea groups is 1. The van der Waals surface area contributed by atoms with Crippen molar-refractivity contribution in [3.8, 4) is 0 Å². The van der Waals surface area contributed by atoms with E-state index >= 15 is 0 Å². The second kappa shape index (κ2) is 5.40. The van der Waals surface area contributed by atoms with E-state index in [4.69, 9.17) is 5.11 Å². The van der Waals surface area contributed by atoms with Gasteiger partial charge in [0.15, 0.2) is 0 Å². The minimum Gasteiger partial charge on any atom is -0.396 e. The van der Waals surface area contributed by atoms with Crippen molar-refractivity contribution in [1.29, 1.82) is 0 Å². The van der Waals surface area contributed by atoms with E-state index in [1.54, 1.807) is 18.7 Å². The van der Waals surface area contributed by atoms with E-state index in [0.717, 1.165) is 11.3 Å². The second-order valence-electron chi connectivity index (χ2n) is 5.94. The Morgan fingerprint density at radius 2 is 2.15 bits per heavy atom. The van der Waals surface area contributed by atoms with Crippen LogP contribution < -0.4 is 5.32 Å². The minimum absolute atomic E-state index is 0.0775. The summed E-state index contributed by atoms with van der Waals surface area (Å²) in [6.07, 6.45) is 0.936. The highest BCUT2D eigenvalue weighted by molar-refractivity contribution is 6.06. The maximum absolute atomic E-state index is 12.0. The van der Waals surface area contributed by atoms with Gasteiger partial charge in [-0.05, 0) is 20.3 Å². The van der Waals surface area contributed by atoms with Gasteiger partial charge in [0.25, 0.3) is 5.91 Å². The van der Waals surface area contributed by atoms with E-state index in [1.807, 2.05) is 0 Å². The Bertz CT molecular complexity index is 435. The molecule has 0 aromatic rings. The first-order chi connectivity index (χ1) is 9.35. The molecule has 112 valence electrons. The van der Waals surface area contributed by atoms with Crippen molar-refractivity contribution >= 4 is 17.8 Å². The van der Waals surface area contributed by atoms with Gasteiger partial charge in [-0.2, -0.15) is 0 Å². The summed E-state index contributed by atoms with van der Waals surface area (Å²) in [5.74, 6) is -0.231. The van der Waals surface area contributed by atoms with Crippen LogP contribution in [0, 0.1) is 5.92 Å². The Morgan fingerprint density at radius 1 is 1.45 bits per heavy atom. The zero-order chi connectivity index (χ0) is 14.9. The highest BCUT2D eigenvalue weighted by Crippen LogP contribution is 2.19. The fraction of sp³-hybridized carbons (Fsp3) is 0.769. The molecule has 1 unspecified atom stereocenters. The molecule has 2 aliphatic heterocycles. The van der Waals surface area contributed by atoms with E-state index < -0.39 is 11.6 Å². The van der Waals surface area contributed by atoms with Gasteiger partial charge in [-0.25, -0.2) is 4.79 Å². The Kier molecular flexibility index (Phi) is 3.99. The fourth-order valence-corrected chi connectivity index (χ4v) is 2.59. The SMILES string of the molecule is CC1(C)NC(=O)N(CCC(=O)N2CCC(CO)C2)C1=O. The number of aliphatic hydroxyl groups excluding tert-OH is 1. The lowest BCUT2D eigenvalue weighted by Crippen LogP contribution is -2.41. The summed E-state index contributed by atoms with van der Waals surface area (Å²) in [6, 6.07) is -0.442. The van der Waals surface area contributed by atoms with Crippen molar-refractivity contribution in [2.45, 2.75) is 32.2 Å². The number of carbonyl (C=O) groups excluding carboxylic acids is 3. The largest absolute Gasteiger partial charge is 0.396 e. The minimum atomic E-state index is -0.893. The van der Waals surface area contributed by atoms with Crippen molar-refractivity contribution in [1.82, 2.24) is 15.1 Å². The van der Waals surface area contributed by atoms with E-state index in [1.165, 1.54) is 0 Å². The summed E-state index contributed by atoms with van der Waals surface area (Å²) in [5.41, 5.74) is -0.893. The average Bonchev–Trinajstić information content (AvgIpc) is 2.92. The number of nitrogens with one attached hydrogen (secondary N) is 1. The molecule has 4 amide bonds. The van der Waals surface area contributed by atoms with Crippen molar-refractivity contribution < 1.29 is 19.5 Å². The van der Waals surface area contributed by atoms with Crippen LogP contribution in [0.5, 0.6) is 0 Å². The Balaban J connectivity index is 1.85. The molecular weight excluding hydrogens is 262 g/mol. The van der Waals surface area contributed by atoms with E-state index in [2.05, 4.69) is 5.32 Å². The number of likely N-dealkylation sites (tertiary alicyclic amines) is 1. The highest BCUT2D eigenvalue weighted by Gasteiger charge is 2.44. The average molecular weight is 283 g/mol. The third-order valence-electron chi connectivity index (χ3n) is 3.89. The highest BCUT2D eigenvalue weighted by atomic mass is 16.3. The molecule has 0 bridgehead atoms. The van der Waals surface area contributed by atoms with Crippen LogP contribution in [0.1, 0.15) is 26.7 Å². The summed E-state index contributed by atoms with van der Waals surface area (Å²) in [5, 5.41) is 11.6. The molecule has 7 nitrogen and oxygen atoms in total. The van der Waals surface area contributed by atoms with Gasteiger partial charge in [0.1, 0.15) is 5.54 Å². The van der Waals surface area contributed by atoms with Crippen LogP contribution in [0.3, 0.4) is 0 Å². The lowest BCUT2D eigenvalue weighted by atomic mass is 10.1. The monoisotopic (exact) mass is 283 g/mol. The second-order valence-corrected chi connectivity index (χ2v) is 5.94. The molecule has 0 saturated carbocycles. The predicted octanol–water partition coefficient (Wildman–Crippen LogP) is -0.452. The van der Waals surface area contributed by atoms with Crippen LogP contribution in [-0.4, -0.2) is 64.5 Å². The summed E-state index contributed by atoms with van der Waals surface area (Å²) < 4.78 is 0. The van der Waals surface area contributed by atoms with Gasteiger partial charge in [-0.3, -0.25) is 14.5 Å². The zero-order valence-electron chi connectivity index (χ0n) is 11.9. The number of carbonyl (C=O) groups is 3. The maximum atomic E-state index is 12.0. The molecule has 2 N–H and O–H groups in total. The quantitative estimate of drug-likeness (QED) is 0.684. The summed E-state index contributed by atoms with van der Waals surface area (Å²) in [6.45, 7) is 4.66. The number of amides is 4. The molecule has 0 aromatic heterocycles. The van der Waals surface area contributed by atoms with Gasteiger partial charge in [-0.1, -0.05) is 0 Å². The van der Waals surface area contributed by atoms with Crippen molar-refractivity contribution in [3.63, 3.8) is 0 Å². The molecule has 2 fully saturated rings. The lowest BCUT2D eigenvalue weighted by Gasteiger charge is -2.19. The number of hydrogen-bond acceptors (Lipinski definition) is 4. The van der Waals surface area contributed by atoms with Crippen molar-refractivity contribution in [2.75, 3.05) is 26.2 Å². The van der Waals surface area contributed by atoms with Gasteiger partial charge >= 0.3 is 6.03 Å². The molecule has 1 atom stereocenters. The number of rotatable bonds is 4. The Hall–Kier alpha value is -1.63.